The van der Waals surface area contributed by atoms with Crippen molar-refractivity contribution < 1.29 is 4.79 Å². The molecule has 0 aromatic carbocycles. The highest BCUT2D eigenvalue weighted by atomic mass is 16.2. The molecule has 82 valence electrons. The minimum Gasteiger partial charge on any atom is -0.316 e. The summed E-state index contributed by atoms with van der Waals surface area (Å²) in [5, 5.41) is 12.1. The van der Waals surface area contributed by atoms with Gasteiger partial charge in [-0.05, 0) is 25.1 Å². The van der Waals surface area contributed by atoms with Crippen molar-refractivity contribution in [1.29, 1.82) is 5.26 Å². The smallest absolute Gasteiger partial charge is 0.246 e. The molecule has 1 aromatic rings. The maximum Gasteiger partial charge on any atom is 0.246 e. The molecule has 0 aliphatic carbocycles. The van der Waals surface area contributed by atoms with Gasteiger partial charge in [0.25, 0.3) is 0 Å². The van der Waals surface area contributed by atoms with Gasteiger partial charge in [-0.1, -0.05) is 6.07 Å². The standard InChI is InChI=1S/C11H12N4O/c12-8-15(10-3-1-2-5-14-10)11(16)9-4-6-13-7-9/h1-3,5,9,13H,4,6-7H2. The fourth-order valence-electron chi connectivity index (χ4n) is 1.75. The highest BCUT2D eigenvalue weighted by Crippen LogP contribution is 2.16. The normalized spacial score (nSPS) is 19.1. The van der Waals surface area contributed by atoms with E-state index >= 15 is 0 Å². The van der Waals surface area contributed by atoms with Crippen LogP contribution in [0.25, 0.3) is 0 Å². The lowest BCUT2D eigenvalue weighted by Gasteiger charge is -2.15. The van der Waals surface area contributed by atoms with Gasteiger partial charge in [0.05, 0.1) is 5.92 Å². The number of hydrogen-bond acceptors (Lipinski definition) is 4. The third-order valence-electron chi connectivity index (χ3n) is 2.61. The van der Waals surface area contributed by atoms with Gasteiger partial charge in [0, 0.05) is 12.7 Å². The van der Waals surface area contributed by atoms with Crippen molar-refractivity contribution in [2.75, 3.05) is 18.0 Å². The van der Waals surface area contributed by atoms with E-state index in [0.29, 0.717) is 12.4 Å². The van der Waals surface area contributed by atoms with E-state index in [9.17, 15) is 4.79 Å². The van der Waals surface area contributed by atoms with Crippen LogP contribution in [0.15, 0.2) is 24.4 Å². The van der Waals surface area contributed by atoms with Crippen molar-refractivity contribution in [3.8, 4) is 6.19 Å². The molecule has 0 saturated carbocycles. The molecule has 0 radical (unpaired) electrons. The number of anilines is 1. The number of amides is 1. The molecule has 1 aliphatic heterocycles. The quantitative estimate of drug-likeness (QED) is 0.577. The summed E-state index contributed by atoms with van der Waals surface area (Å²) in [6.45, 7) is 1.47. The van der Waals surface area contributed by atoms with Crippen LogP contribution in [0.4, 0.5) is 5.82 Å². The molecular formula is C11H12N4O. The first-order valence-electron chi connectivity index (χ1n) is 5.18. The molecule has 1 aliphatic rings. The van der Waals surface area contributed by atoms with Crippen molar-refractivity contribution >= 4 is 11.7 Å². The van der Waals surface area contributed by atoms with Crippen molar-refractivity contribution in [3.05, 3.63) is 24.4 Å². The molecule has 5 heteroatoms. The molecule has 1 saturated heterocycles. The average Bonchev–Trinajstić information content (AvgIpc) is 2.85. The molecule has 2 rings (SSSR count). The van der Waals surface area contributed by atoms with Crippen LogP contribution in [-0.4, -0.2) is 24.0 Å². The molecule has 1 N–H and O–H groups in total. The molecular weight excluding hydrogens is 204 g/mol. The van der Waals surface area contributed by atoms with E-state index < -0.39 is 0 Å². The largest absolute Gasteiger partial charge is 0.316 e. The highest BCUT2D eigenvalue weighted by molar-refractivity contribution is 5.96. The zero-order valence-corrected chi connectivity index (χ0v) is 8.76. The lowest BCUT2D eigenvalue weighted by Crippen LogP contribution is -2.34. The molecule has 1 unspecified atom stereocenters. The molecule has 0 bridgehead atoms. The molecule has 1 amide bonds. The summed E-state index contributed by atoms with van der Waals surface area (Å²) in [6, 6.07) is 5.16. The second kappa shape index (κ2) is 4.73. The number of pyridine rings is 1. The summed E-state index contributed by atoms with van der Waals surface area (Å²) < 4.78 is 0. The molecule has 5 nitrogen and oxygen atoms in total. The second-order valence-electron chi connectivity index (χ2n) is 3.65. The number of carbonyl (C=O) groups is 1. The van der Waals surface area contributed by atoms with Crippen LogP contribution in [0.3, 0.4) is 0 Å². The fraction of sp³-hybridized carbons (Fsp3) is 0.364. The first kappa shape index (κ1) is 10.6. The Labute approximate surface area is 93.7 Å². The monoisotopic (exact) mass is 216 g/mol. The highest BCUT2D eigenvalue weighted by Gasteiger charge is 2.28. The minimum atomic E-state index is -0.175. The molecule has 16 heavy (non-hydrogen) atoms. The summed E-state index contributed by atoms with van der Waals surface area (Å²) in [5.41, 5.74) is 0. The summed E-state index contributed by atoms with van der Waals surface area (Å²) in [4.78, 5) is 17.1. The zero-order valence-electron chi connectivity index (χ0n) is 8.76. The van der Waals surface area contributed by atoms with Crippen molar-refractivity contribution in [3.63, 3.8) is 0 Å². The Kier molecular flexibility index (Phi) is 3.13. The number of aromatic nitrogens is 1. The molecule has 1 atom stereocenters. The van der Waals surface area contributed by atoms with Gasteiger partial charge >= 0.3 is 0 Å². The van der Waals surface area contributed by atoms with Gasteiger partial charge in [0.2, 0.25) is 5.91 Å². The number of rotatable bonds is 2. The number of nitrogens with zero attached hydrogens (tertiary/aromatic N) is 3. The van der Waals surface area contributed by atoms with Crippen LogP contribution >= 0.6 is 0 Å². The van der Waals surface area contributed by atoms with Crippen LogP contribution in [-0.2, 0) is 4.79 Å². The van der Waals surface area contributed by atoms with Crippen LogP contribution < -0.4 is 10.2 Å². The first-order chi connectivity index (χ1) is 7.83. The topological polar surface area (TPSA) is 69.0 Å². The maximum absolute atomic E-state index is 12.0. The van der Waals surface area contributed by atoms with Gasteiger partial charge in [-0.15, -0.1) is 0 Å². The van der Waals surface area contributed by atoms with Crippen molar-refractivity contribution in [2.24, 2.45) is 5.92 Å². The second-order valence-corrected chi connectivity index (χ2v) is 3.65. The van der Waals surface area contributed by atoms with Crippen LogP contribution in [0.5, 0.6) is 0 Å². The number of carbonyl (C=O) groups excluding carboxylic acids is 1. The van der Waals surface area contributed by atoms with E-state index in [1.165, 1.54) is 0 Å². The third kappa shape index (κ3) is 2.02. The van der Waals surface area contributed by atoms with Gasteiger partial charge < -0.3 is 5.32 Å². The number of nitriles is 1. The first-order valence-corrected chi connectivity index (χ1v) is 5.18. The van der Waals surface area contributed by atoms with E-state index in [2.05, 4.69) is 10.3 Å². The van der Waals surface area contributed by atoms with Crippen molar-refractivity contribution in [1.82, 2.24) is 10.3 Å². The predicted octanol–water partition coefficient (Wildman–Crippen LogP) is 0.505. The van der Waals surface area contributed by atoms with E-state index in [1.54, 1.807) is 24.4 Å². The summed E-state index contributed by atoms with van der Waals surface area (Å²) in [5.74, 6) is 0.106. The average molecular weight is 216 g/mol. The lowest BCUT2D eigenvalue weighted by atomic mass is 10.1. The Morgan fingerprint density at radius 3 is 3.06 bits per heavy atom. The third-order valence-corrected chi connectivity index (χ3v) is 2.61. The Bertz CT molecular complexity index is 406. The summed E-state index contributed by atoms with van der Waals surface area (Å²) in [7, 11) is 0. The van der Waals surface area contributed by atoms with Crippen LogP contribution in [0.1, 0.15) is 6.42 Å². The van der Waals surface area contributed by atoms with Gasteiger partial charge in [-0.25, -0.2) is 4.98 Å². The van der Waals surface area contributed by atoms with Gasteiger partial charge in [0.15, 0.2) is 6.19 Å². The van der Waals surface area contributed by atoms with E-state index in [0.717, 1.165) is 17.9 Å². The molecule has 1 aromatic heterocycles. The summed E-state index contributed by atoms with van der Waals surface area (Å²) in [6.07, 6.45) is 4.24. The summed E-state index contributed by atoms with van der Waals surface area (Å²) >= 11 is 0. The van der Waals surface area contributed by atoms with Crippen LogP contribution in [0.2, 0.25) is 0 Å². The van der Waals surface area contributed by atoms with Crippen LogP contribution in [0, 0.1) is 17.4 Å². The maximum atomic E-state index is 12.0. The SMILES string of the molecule is N#CN(C(=O)C1CCNC1)c1ccccn1. The Morgan fingerprint density at radius 1 is 1.62 bits per heavy atom. The van der Waals surface area contributed by atoms with Gasteiger partial charge in [0.1, 0.15) is 5.82 Å². The van der Waals surface area contributed by atoms with E-state index in [-0.39, 0.29) is 11.8 Å². The van der Waals surface area contributed by atoms with Gasteiger partial charge in [-0.2, -0.15) is 10.2 Å². The van der Waals surface area contributed by atoms with E-state index in [4.69, 9.17) is 5.26 Å². The molecule has 0 spiro atoms. The predicted molar refractivity (Wildman–Crippen MR) is 58.3 cm³/mol. The lowest BCUT2D eigenvalue weighted by molar-refractivity contribution is -0.121. The Balaban J connectivity index is 2.17. The molecule has 2 heterocycles. The Hall–Kier alpha value is -1.93. The minimum absolute atomic E-state index is 0.110. The fourth-order valence-corrected chi connectivity index (χ4v) is 1.75. The Morgan fingerprint density at radius 2 is 2.50 bits per heavy atom. The number of hydrogen-bond donors (Lipinski definition) is 1. The van der Waals surface area contributed by atoms with E-state index in [1.807, 2.05) is 6.19 Å². The number of nitrogens with one attached hydrogen (secondary N) is 1. The van der Waals surface area contributed by atoms with Gasteiger partial charge in [-0.3, -0.25) is 4.79 Å². The van der Waals surface area contributed by atoms with Crippen molar-refractivity contribution in [2.45, 2.75) is 6.42 Å². The molecule has 1 fully saturated rings. The zero-order chi connectivity index (χ0) is 11.4.